The van der Waals surface area contributed by atoms with E-state index >= 15 is 0 Å². The van der Waals surface area contributed by atoms with Crippen molar-refractivity contribution in [2.75, 3.05) is 6.54 Å². The molecule has 31 heavy (non-hydrogen) atoms. The summed E-state index contributed by atoms with van der Waals surface area (Å²) in [7, 11) is 0. The van der Waals surface area contributed by atoms with Crippen LogP contribution in [0.3, 0.4) is 0 Å². The zero-order chi connectivity index (χ0) is 21.8. The number of amides is 1. The number of rotatable bonds is 6. The fourth-order valence-electron chi connectivity index (χ4n) is 3.79. The second kappa shape index (κ2) is 9.04. The lowest BCUT2D eigenvalue weighted by atomic mass is 10.0. The van der Waals surface area contributed by atoms with Crippen LogP contribution in [-0.4, -0.2) is 18.6 Å². The number of esters is 1. The van der Waals surface area contributed by atoms with Gasteiger partial charge in [0.15, 0.2) is 0 Å². The van der Waals surface area contributed by atoms with Crippen molar-refractivity contribution in [3.63, 3.8) is 0 Å². The average molecular weight is 421 g/mol. The van der Waals surface area contributed by atoms with Gasteiger partial charge in [-0.1, -0.05) is 30.3 Å². The van der Waals surface area contributed by atoms with Crippen LogP contribution in [0.25, 0.3) is 11.0 Å². The molecule has 0 fully saturated rings. The lowest BCUT2D eigenvalue weighted by molar-refractivity contribution is -0.134. The van der Waals surface area contributed by atoms with Crippen LogP contribution in [0.4, 0.5) is 4.79 Å². The number of benzene rings is 2. The number of alkyl carbamates (subject to hydrolysis) is 1. The minimum absolute atomic E-state index is 0.0218. The Morgan fingerprint density at radius 2 is 1.84 bits per heavy atom. The molecule has 1 aliphatic rings. The molecular weight excluding hydrogens is 398 g/mol. The highest BCUT2D eigenvalue weighted by atomic mass is 16.5. The maximum Gasteiger partial charge on any atom is 0.407 e. The molecule has 0 spiro atoms. The Bertz CT molecular complexity index is 1180. The highest BCUT2D eigenvalue weighted by Crippen LogP contribution is 2.33. The molecule has 0 aliphatic heterocycles. The molecule has 0 radical (unpaired) electrons. The van der Waals surface area contributed by atoms with Crippen LogP contribution in [0.1, 0.15) is 35.1 Å². The van der Waals surface area contributed by atoms with Gasteiger partial charge in [0.05, 0.1) is 6.42 Å². The van der Waals surface area contributed by atoms with Crippen molar-refractivity contribution >= 4 is 23.0 Å². The molecule has 0 unspecified atom stereocenters. The lowest BCUT2D eigenvalue weighted by Crippen LogP contribution is -2.27. The summed E-state index contributed by atoms with van der Waals surface area (Å²) >= 11 is 0. The van der Waals surface area contributed by atoms with Gasteiger partial charge >= 0.3 is 17.7 Å². The van der Waals surface area contributed by atoms with E-state index in [1.807, 2.05) is 36.4 Å². The van der Waals surface area contributed by atoms with E-state index < -0.39 is 12.1 Å². The van der Waals surface area contributed by atoms with Gasteiger partial charge in [-0.05, 0) is 49.4 Å². The predicted octanol–water partition coefficient (Wildman–Crippen LogP) is 3.81. The van der Waals surface area contributed by atoms with Crippen molar-refractivity contribution in [2.45, 2.75) is 39.2 Å². The van der Waals surface area contributed by atoms with E-state index in [1.54, 1.807) is 13.0 Å². The van der Waals surface area contributed by atoms with E-state index in [0.29, 0.717) is 16.9 Å². The smallest absolute Gasteiger partial charge is 0.407 e. The molecule has 3 aromatic rings. The summed E-state index contributed by atoms with van der Waals surface area (Å²) in [5, 5.41) is 3.42. The van der Waals surface area contributed by atoms with E-state index in [2.05, 4.69) is 5.32 Å². The van der Waals surface area contributed by atoms with Crippen molar-refractivity contribution in [3.8, 4) is 5.75 Å². The zero-order valence-electron chi connectivity index (χ0n) is 17.2. The topological polar surface area (TPSA) is 94.8 Å². The van der Waals surface area contributed by atoms with Crippen LogP contribution in [-0.2, 0) is 29.0 Å². The summed E-state index contributed by atoms with van der Waals surface area (Å²) in [6.07, 6.45) is 1.91. The molecule has 1 N–H and O–H groups in total. The third-order valence-electron chi connectivity index (χ3n) is 5.38. The van der Waals surface area contributed by atoms with E-state index in [4.69, 9.17) is 13.9 Å². The lowest BCUT2D eigenvalue weighted by Gasteiger charge is -2.11. The molecule has 4 rings (SSSR count). The minimum atomic E-state index is -0.603. The molecule has 1 amide bonds. The fraction of sp³-hybridized carbons (Fsp3) is 0.292. The van der Waals surface area contributed by atoms with E-state index in [0.717, 1.165) is 41.3 Å². The van der Waals surface area contributed by atoms with Crippen LogP contribution >= 0.6 is 0 Å². The second-order valence-electron chi connectivity index (χ2n) is 7.48. The quantitative estimate of drug-likeness (QED) is 0.369. The maximum atomic E-state index is 12.2. The highest BCUT2D eigenvalue weighted by molar-refractivity contribution is 5.87. The first-order chi connectivity index (χ1) is 15.0. The molecule has 0 atom stereocenters. The first-order valence-corrected chi connectivity index (χ1v) is 10.3. The predicted molar refractivity (Wildman–Crippen MR) is 114 cm³/mol. The van der Waals surface area contributed by atoms with Crippen molar-refractivity contribution < 1.29 is 23.5 Å². The second-order valence-corrected chi connectivity index (χ2v) is 7.48. The maximum absolute atomic E-state index is 12.2. The van der Waals surface area contributed by atoms with Crippen LogP contribution in [0.5, 0.6) is 5.75 Å². The van der Waals surface area contributed by atoms with E-state index in [9.17, 15) is 14.4 Å². The van der Waals surface area contributed by atoms with Crippen molar-refractivity contribution in [2.24, 2.45) is 0 Å². The zero-order valence-corrected chi connectivity index (χ0v) is 17.2. The molecule has 7 heteroatoms. The largest absolute Gasteiger partial charge is 0.445 e. The molecule has 0 bridgehead atoms. The minimum Gasteiger partial charge on any atom is -0.445 e. The number of hydrogen-bond acceptors (Lipinski definition) is 6. The summed E-state index contributed by atoms with van der Waals surface area (Å²) in [5.41, 5.74) is 3.41. The number of fused-ring (bicyclic) bond motifs is 3. The molecular formula is C24H23NO6. The van der Waals surface area contributed by atoms with Crippen molar-refractivity contribution in [1.82, 2.24) is 5.32 Å². The first-order valence-electron chi connectivity index (χ1n) is 10.3. The Labute approximate surface area is 179 Å². The number of carbonyl (C=O) groups excluding carboxylic acids is 2. The Morgan fingerprint density at radius 3 is 2.65 bits per heavy atom. The van der Waals surface area contributed by atoms with Crippen LogP contribution in [0.2, 0.25) is 0 Å². The molecule has 0 saturated heterocycles. The van der Waals surface area contributed by atoms with Gasteiger partial charge in [0.25, 0.3) is 0 Å². The highest BCUT2D eigenvalue weighted by Gasteiger charge is 2.21. The summed E-state index contributed by atoms with van der Waals surface area (Å²) < 4.78 is 16.0. The number of ether oxygens (including phenoxy) is 2. The monoisotopic (exact) mass is 421 g/mol. The van der Waals surface area contributed by atoms with Crippen molar-refractivity contribution in [3.05, 3.63) is 75.1 Å². The summed E-state index contributed by atoms with van der Waals surface area (Å²) in [4.78, 5) is 36.2. The molecule has 160 valence electrons. The Hall–Kier alpha value is -3.61. The van der Waals surface area contributed by atoms with Gasteiger partial charge in [0.1, 0.15) is 17.9 Å². The summed E-state index contributed by atoms with van der Waals surface area (Å²) in [5.74, 6) is -0.167. The third-order valence-corrected chi connectivity index (χ3v) is 5.38. The van der Waals surface area contributed by atoms with Gasteiger partial charge in [0.2, 0.25) is 0 Å². The van der Waals surface area contributed by atoms with Crippen LogP contribution in [0, 0.1) is 6.92 Å². The molecule has 1 aromatic heterocycles. The van der Waals surface area contributed by atoms with Gasteiger partial charge in [-0.15, -0.1) is 0 Å². The number of hydrogen-bond donors (Lipinski definition) is 1. The third kappa shape index (κ3) is 4.60. The van der Waals surface area contributed by atoms with Gasteiger partial charge < -0.3 is 19.2 Å². The van der Waals surface area contributed by atoms with Gasteiger partial charge in [-0.3, -0.25) is 4.79 Å². The molecule has 7 nitrogen and oxygen atoms in total. The fourth-order valence-corrected chi connectivity index (χ4v) is 3.79. The summed E-state index contributed by atoms with van der Waals surface area (Å²) in [6.45, 7) is 2.00. The Kier molecular flexibility index (Phi) is 6.02. The summed E-state index contributed by atoms with van der Waals surface area (Å²) in [6, 6.07) is 12.9. The number of aryl methyl sites for hydroxylation is 2. The normalized spacial score (nSPS) is 12.4. The number of carbonyl (C=O) groups is 2. The molecule has 2 aromatic carbocycles. The SMILES string of the molecule is Cc1c(OC(=O)CCNC(=O)OCc2ccccc2)ccc2c3c(c(=O)oc12)CCC3. The van der Waals surface area contributed by atoms with Crippen molar-refractivity contribution in [1.29, 1.82) is 0 Å². The molecule has 0 saturated carbocycles. The van der Waals surface area contributed by atoms with Gasteiger partial charge in [-0.25, -0.2) is 9.59 Å². The molecule has 1 heterocycles. The van der Waals surface area contributed by atoms with Crippen LogP contribution < -0.4 is 15.7 Å². The Balaban J connectivity index is 1.32. The average Bonchev–Trinajstić information content (AvgIpc) is 3.26. The van der Waals surface area contributed by atoms with Gasteiger partial charge in [0, 0.05) is 23.1 Å². The van der Waals surface area contributed by atoms with E-state index in [-0.39, 0.29) is 25.2 Å². The number of nitrogens with one attached hydrogen (secondary N) is 1. The first kappa shape index (κ1) is 20.7. The van der Waals surface area contributed by atoms with Crippen LogP contribution in [0.15, 0.2) is 51.7 Å². The molecule has 1 aliphatic carbocycles. The standard InChI is InChI=1S/C24H23NO6/c1-15-20(11-10-18-17-8-5-9-19(17)23(27)31-22(15)18)30-21(26)12-13-25-24(28)29-14-16-6-3-2-4-7-16/h2-4,6-7,10-11H,5,8-9,12-14H2,1H3,(H,25,28). The Morgan fingerprint density at radius 1 is 1.06 bits per heavy atom. The van der Waals surface area contributed by atoms with Gasteiger partial charge in [-0.2, -0.15) is 0 Å². The van der Waals surface area contributed by atoms with E-state index in [1.165, 1.54) is 0 Å².